The molecule has 224 valence electrons. The highest BCUT2D eigenvalue weighted by Crippen LogP contribution is 2.00. The number of nitrogens with zero attached hydrogens (tertiary/aromatic N) is 7. The van der Waals surface area contributed by atoms with Crippen molar-refractivity contribution < 1.29 is 17.8 Å². The lowest BCUT2D eigenvalue weighted by atomic mass is 10.5. The monoisotopic (exact) mass is 629 g/mol. The summed E-state index contributed by atoms with van der Waals surface area (Å²) in [5.41, 5.74) is 6.62. The van der Waals surface area contributed by atoms with E-state index < -0.39 is 0 Å². The number of rotatable bonds is 0. The lowest BCUT2D eigenvalue weighted by molar-refractivity contribution is 0.415. The Balaban J connectivity index is 0.000000245. The Morgan fingerprint density at radius 1 is 0.690 bits per heavy atom. The van der Waals surface area contributed by atoms with E-state index in [2.05, 4.69) is 44.0 Å². The van der Waals surface area contributed by atoms with E-state index in [1.165, 1.54) is 17.7 Å². The third kappa shape index (κ3) is 21.5. The van der Waals surface area contributed by atoms with Gasteiger partial charge in [0.2, 0.25) is 0 Å². The molecular formula is C28H35N7O4S3. The zero-order valence-electron chi connectivity index (χ0n) is 24.6. The van der Waals surface area contributed by atoms with Crippen LogP contribution in [0.3, 0.4) is 0 Å². The van der Waals surface area contributed by atoms with Crippen LogP contribution in [-0.2, 0) is 0 Å². The van der Waals surface area contributed by atoms with E-state index in [0.717, 1.165) is 33.7 Å². The molecule has 0 atom stereocenters. The minimum atomic E-state index is 0.718. The van der Waals surface area contributed by atoms with E-state index >= 15 is 0 Å². The van der Waals surface area contributed by atoms with Crippen LogP contribution in [0.2, 0.25) is 0 Å². The summed E-state index contributed by atoms with van der Waals surface area (Å²) in [4.78, 5) is 24.1. The molecule has 7 aromatic rings. The van der Waals surface area contributed by atoms with Gasteiger partial charge in [0, 0.05) is 46.7 Å². The van der Waals surface area contributed by atoms with Crippen molar-refractivity contribution in [2.75, 3.05) is 0 Å². The molecule has 7 aromatic heterocycles. The van der Waals surface area contributed by atoms with E-state index in [1.807, 2.05) is 69.5 Å². The minimum absolute atomic E-state index is 0.718. The fraction of sp³-hybridized carbons (Fsp3) is 0.250. The van der Waals surface area contributed by atoms with Gasteiger partial charge in [-0.15, -0.1) is 34.0 Å². The minimum Gasteiger partial charge on any atom is -0.452 e. The molecule has 0 aliphatic rings. The first kappa shape index (κ1) is 35.8. The highest BCUT2D eigenvalue weighted by atomic mass is 32.1. The Hall–Kier alpha value is -4.27. The van der Waals surface area contributed by atoms with Crippen LogP contribution in [0.1, 0.15) is 38.6 Å². The van der Waals surface area contributed by atoms with Gasteiger partial charge in [0.25, 0.3) is 0 Å². The molecule has 0 aromatic carbocycles. The van der Waals surface area contributed by atoms with Gasteiger partial charge in [-0.3, -0.25) is 15.0 Å². The second kappa shape index (κ2) is 23.4. The molecule has 14 heteroatoms. The number of oxazole rings is 3. The topological polar surface area (TPSA) is 143 Å². The fourth-order valence-corrected chi connectivity index (χ4v) is 3.36. The second-order valence-corrected chi connectivity index (χ2v) is 10.6. The quantitative estimate of drug-likeness (QED) is 0.160. The van der Waals surface area contributed by atoms with Crippen LogP contribution in [0.4, 0.5) is 0 Å². The van der Waals surface area contributed by atoms with Gasteiger partial charge in [-0.05, 0) is 41.5 Å². The molecule has 11 nitrogen and oxygen atoms in total. The molecule has 0 aliphatic carbocycles. The molecule has 0 bridgehead atoms. The van der Waals surface area contributed by atoms with Gasteiger partial charge < -0.3 is 17.8 Å². The summed E-state index contributed by atoms with van der Waals surface area (Å²) in [7, 11) is 0. The van der Waals surface area contributed by atoms with Crippen molar-refractivity contribution in [1.82, 2.24) is 35.1 Å². The van der Waals surface area contributed by atoms with Crippen LogP contribution in [-0.4, -0.2) is 35.1 Å². The molecule has 0 N–H and O–H groups in total. The van der Waals surface area contributed by atoms with Crippen LogP contribution in [0.5, 0.6) is 0 Å². The van der Waals surface area contributed by atoms with Gasteiger partial charge in [-0.2, -0.15) is 0 Å². The van der Waals surface area contributed by atoms with Gasteiger partial charge >= 0.3 is 0 Å². The van der Waals surface area contributed by atoms with Gasteiger partial charge in [0.15, 0.2) is 18.7 Å². The maximum Gasteiger partial charge on any atom is 0.190 e. The van der Waals surface area contributed by atoms with Crippen LogP contribution in [0, 0.1) is 48.5 Å². The lowest BCUT2D eigenvalue weighted by Crippen LogP contribution is -1.59. The molecule has 0 saturated heterocycles. The standard InChI is InChI=1S/4C4H5NO.3C4H5NS/c1-4-2-6-3-5-4;1-4-2-5-3-6-4;1-4-5-2-3-6-4;1-4-2-3-6-5-4;1-4-2-6-3-5-4;1-4-2-5-3-6-4;1-4-5-2-3-6-4/h7*2-3H,1H3. The van der Waals surface area contributed by atoms with E-state index in [-0.39, 0.29) is 0 Å². The first-order valence-corrected chi connectivity index (χ1v) is 14.9. The van der Waals surface area contributed by atoms with Gasteiger partial charge in [-0.1, -0.05) is 5.16 Å². The predicted molar refractivity (Wildman–Crippen MR) is 166 cm³/mol. The average Bonchev–Trinajstić information content (AvgIpc) is 3.79. The van der Waals surface area contributed by atoms with Crippen molar-refractivity contribution in [1.29, 1.82) is 0 Å². The van der Waals surface area contributed by atoms with E-state index in [0.29, 0.717) is 0 Å². The van der Waals surface area contributed by atoms with Crippen molar-refractivity contribution in [3.8, 4) is 0 Å². The molecule has 0 fully saturated rings. The molecule has 0 radical (unpaired) electrons. The molecule has 0 saturated carbocycles. The maximum atomic E-state index is 4.72. The Labute approximate surface area is 257 Å². The summed E-state index contributed by atoms with van der Waals surface area (Å²) in [6.45, 7) is 13.4. The zero-order chi connectivity index (χ0) is 30.8. The molecule has 42 heavy (non-hydrogen) atoms. The van der Waals surface area contributed by atoms with Crippen molar-refractivity contribution >= 4 is 34.0 Å². The number of aromatic nitrogens is 7. The lowest BCUT2D eigenvalue weighted by Gasteiger charge is -1.67. The predicted octanol–water partition coefficient (Wildman–Crippen LogP) is 8.29. The van der Waals surface area contributed by atoms with Crippen molar-refractivity contribution in [3.63, 3.8) is 0 Å². The summed E-state index contributed by atoms with van der Waals surface area (Å²) in [5, 5.41) is 8.66. The van der Waals surface area contributed by atoms with Gasteiger partial charge in [0.05, 0.1) is 39.8 Å². The van der Waals surface area contributed by atoms with Crippen LogP contribution in [0.25, 0.3) is 0 Å². The Morgan fingerprint density at radius 3 is 1.69 bits per heavy atom. The van der Waals surface area contributed by atoms with Crippen LogP contribution >= 0.6 is 34.0 Å². The fourth-order valence-electron chi connectivity index (χ4n) is 1.97. The van der Waals surface area contributed by atoms with Crippen molar-refractivity contribution in [3.05, 3.63) is 123 Å². The highest BCUT2D eigenvalue weighted by Gasteiger charge is 1.80. The van der Waals surface area contributed by atoms with Gasteiger partial charge in [0.1, 0.15) is 24.5 Å². The molecule has 0 amide bonds. The second-order valence-electron chi connectivity index (χ2n) is 7.73. The van der Waals surface area contributed by atoms with E-state index in [9.17, 15) is 0 Å². The molecule has 0 spiro atoms. The summed E-state index contributed by atoms with van der Waals surface area (Å²) >= 11 is 4.96. The molecule has 0 unspecified atom stereocenters. The Morgan fingerprint density at radius 2 is 1.52 bits per heavy atom. The van der Waals surface area contributed by atoms with Crippen molar-refractivity contribution in [2.24, 2.45) is 0 Å². The Bertz CT molecular complexity index is 1100. The number of hydrogen-bond donors (Lipinski definition) is 0. The number of aryl methyl sites for hydroxylation is 7. The molecular weight excluding hydrogens is 595 g/mol. The summed E-state index contributed by atoms with van der Waals surface area (Å²) in [6.07, 6.45) is 14.5. The van der Waals surface area contributed by atoms with E-state index in [1.54, 1.807) is 84.4 Å². The van der Waals surface area contributed by atoms with Crippen LogP contribution in [0.15, 0.2) is 102 Å². The largest absolute Gasteiger partial charge is 0.452 e. The first-order valence-electron chi connectivity index (χ1n) is 12.2. The molecule has 7 heterocycles. The third-order valence-corrected chi connectivity index (χ3v) is 6.01. The molecule has 7 rings (SSSR count). The summed E-state index contributed by atoms with van der Waals surface area (Å²) in [5.74, 6) is 1.57. The number of hydrogen-bond acceptors (Lipinski definition) is 14. The Kier molecular flexibility index (Phi) is 20.0. The van der Waals surface area contributed by atoms with Crippen LogP contribution < -0.4 is 0 Å². The normalized spacial score (nSPS) is 8.83. The summed E-state index contributed by atoms with van der Waals surface area (Å²) in [6, 6.07) is 1.81. The van der Waals surface area contributed by atoms with Gasteiger partial charge in [-0.25, -0.2) is 15.0 Å². The van der Waals surface area contributed by atoms with Crippen molar-refractivity contribution in [2.45, 2.75) is 48.5 Å². The zero-order valence-corrected chi connectivity index (χ0v) is 27.0. The smallest absolute Gasteiger partial charge is 0.190 e. The average molecular weight is 630 g/mol. The number of thiazole rings is 3. The molecule has 0 aliphatic heterocycles. The summed E-state index contributed by atoms with van der Waals surface area (Å²) < 4.78 is 18.5. The SMILES string of the molecule is Cc1ccon1.Cc1cnco1.Cc1cncs1.Cc1cocn1.Cc1cscn1.Cc1ncco1.Cc1nccs1. The highest BCUT2D eigenvalue weighted by molar-refractivity contribution is 7.09. The first-order chi connectivity index (χ1) is 20.3. The third-order valence-electron chi connectivity index (χ3n) is 3.90. The van der Waals surface area contributed by atoms with E-state index in [4.69, 9.17) is 8.83 Å². The maximum absolute atomic E-state index is 4.72.